The number of nitrogens with one attached hydrogen (secondary N) is 2. The molecule has 0 saturated heterocycles. The molecule has 2 aromatic rings. The van der Waals surface area contributed by atoms with Crippen LogP contribution in [0.1, 0.15) is 30.8 Å². The van der Waals surface area contributed by atoms with Crippen molar-refractivity contribution < 1.29 is 4.79 Å². The summed E-state index contributed by atoms with van der Waals surface area (Å²) in [6.07, 6.45) is 2.73. The van der Waals surface area contributed by atoms with Gasteiger partial charge in [-0.2, -0.15) is 0 Å². The zero-order chi connectivity index (χ0) is 15.9. The fourth-order valence-corrected chi connectivity index (χ4v) is 2.33. The maximum Gasteiger partial charge on any atom is 0.274 e. The van der Waals surface area contributed by atoms with Gasteiger partial charge in [0.25, 0.3) is 5.91 Å². The lowest BCUT2D eigenvalue weighted by Crippen LogP contribution is -2.14. The highest BCUT2D eigenvalue weighted by molar-refractivity contribution is 9.10. The minimum absolute atomic E-state index is 0.217. The predicted octanol–water partition coefficient (Wildman–Crippen LogP) is 4.55. The van der Waals surface area contributed by atoms with E-state index >= 15 is 0 Å². The van der Waals surface area contributed by atoms with Crippen LogP contribution in [0.4, 0.5) is 11.4 Å². The quantitative estimate of drug-likeness (QED) is 0.792. The summed E-state index contributed by atoms with van der Waals surface area (Å²) in [5.74, 6) is 0.430. The van der Waals surface area contributed by atoms with E-state index < -0.39 is 0 Å². The van der Waals surface area contributed by atoms with Gasteiger partial charge in [0.15, 0.2) is 0 Å². The summed E-state index contributed by atoms with van der Waals surface area (Å²) in [4.78, 5) is 16.4. The Bertz CT molecular complexity index is 643. The summed E-state index contributed by atoms with van der Waals surface area (Å²) in [7, 11) is 0. The highest BCUT2D eigenvalue weighted by Gasteiger charge is 2.08. The van der Waals surface area contributed by atoms with Crippen molar-refractivity contribution in [2.45, 2.75) is 20.3 Å². The molecule has 0 aliphatic rings. The summed E-state index contributed by atoms with van der Waals surface area (Å²) in [6.45, 7) is 5.25. The average molecular weight is 362 g/mol. The number of halogens is 1. The third-order valence-corrected chi connectivity index (χ3v) is 3.62. The molecule has 1 aromatic heterocycles. The molecule has 1 heterocycles. The van der Waals surface area contributed by atoms with Crippen LogP contribution in [-0.4, -0.2) is 17.4 Å². The van der Waals surface area contributed by atoms with E-state index in [1.165, 1.54) is 0 Å². The molecule has 0 aliphatic heterocycles. The molecular formula is C17H20BrN3O. The number of benzene rings is 1. The van der Waals surface area contributed by atoms with E-state index in [-0.39, 0.29) is 5.91 Å². The van der Waals surface area contributed by atoms with Crippen molar-refractivity contribution in [3.05, 3.63) is 52.8 Å². The Labute approximate surface area is 139 Å². The van der Waals surface area contributed by atoms with Gasteiger partial charge in [-0.1, -0.05) is 35.8 Å². The first-order chi connectivity index (χ1) is 10.5. The van der Waals surface area contributed by atoms with Gasteiger partial charge in [0.05, 0.1) is 0 Å². The van der Waals surface area contributed by atoms with Gasteiger partial charge in [0.1, 0.15) is 5.69 Å². The normalized spacial score (nSPS) is 10.5. The van der Waals surface area contributed by atoms with Gasteiger partial charge < -0.3 is 10.6 Å². The summed E-state index contributed by atoms with van der Waals surface area (Å²) >= 11 is 3.38. The Morgan fingerprint density at radius 2 is 2.05 bits per heavy atom. The second-order valence-corrected chi connectivity index (χ2v) is 6.42. The number of hydrogen-bond acceptors (Lipinski definition) is 3. The van der Waals surface area contributed by atoms with Gasteiger partial charge >= 0.3 is 0 Å². The number of nitrogens with zero attached hydrogens (tertiary/aromatic N) is 1. The number of carbonyl (C=O) groups excluding carboxylic acids is 1. The molecule has 0 saturated carbocycles. The fraction of sp³-hybridized carbons (Fsp3) is 0.294. The van der Waals surface area contributed by atoms with Gasteiger partial charge in [-0.3, -0.25) is 9.78 Å². The molecule has 1 aromatic carbocycles. The number of hydrogen-bond donors (Lipinski definition) is 2. The fourth-order valence-electron chi connectivity index (χ4n) is 1.93. The number of anilines is 2. The molecule has 1 amide bonds. The third-order valence-electron chi connectivity index (χ3n) is 3.13. The van der Waals surface area contributed by atoms with Crippen molar-refractivity contribution in [2.75, 3.05) is 17.2 Å². The Morgan fingerprint density at radius 1 is 1.23 bits per heavy atom. The predicted molar refractivity (Wildman–Crippen MR) is 94.3 cm³/mol. The molecule has 5 heteroatoms. The highest BCUT2D eigenvalue weighted by Crippen LogP contribution is 2.17. The van der Waals surface area contributed by atoms with E-state index in [1.54, 1.807) is 12.3 Å². The molecule has 0 radical (unpaired) electrons. The van der Waals surface area contributed by atoms with Crippen LogP contribution < -0.4 is 10.6 Å². The van der Waals surface area contributed by atoms with E-state index in [9.17, 15) is 4.79 Å². The first-order valence-electron chi connectivity index (χ1n) is 7.31. The maximum absolute atomic E-state index is 12.2. The molecule has 0 aliphatic carbocycles. The van der Waals surface area contributed by atoms with Crippen molar-refractivity contribution in [3.8, 4) is 0 Å². The standard InChI is InChI=1S/C17H20BrN3O/c1-12(2)6-8-19-14-7-9-20-16(11-14)17(22)21-15-5-3-4-13(18)10-15/h3-5,7,9-12H,6,8H2,1-2H3,(H,19,20)(H,21,22). The van der Waals surface area contributed by atoms with Crippen LogP contribution in [0.25, 0.3) is 0 Å². The molecule has 2 rings (SSSR count). The Kier molecular flexibility index (Phi) is 5.95. The Balaban J connectivity index is 2.00. The molecule has 2 N–H and O–H groups in total. The van der Waals surface area contributed by atoms with Crippen LogP contribution in [0.2, 0.25) is 0 Å². The smallest absolute Gasteiger partial charge is 0.274 e. The van der Waals surface area contributed by atoms with E-state index in [1.807, 2.05) is 30.3 Å². The van der Waals surface area contributed by atoms with Gasteiger partial charge in [0, 0.05) is 28.6 Å². The molecule has 0 unspecified atom stereocenters. The van der Waals surface area contributed by atoms with Crippen LogP contribution in [0.5, 0.6) is 0 Å². The van der Waals surface area contributed by atoms with Gasteiger partial charge in [0.2, 0.25) is 0 Å². The van der Waals surface area contributed by atoms with Crippen molar-refractivity contribution >= 4 is 33.2 Å². The summed E-state index contributed by atoms with van der Waals surface area (Å²) in [5, 5.41) is 6.16. The number of aromatic nitrogens is 1. The summed E-state index contributed by atoms with van der Waals surface area (Å²) in [5.41, 5.74) is 2.05. The van der Waals surface area contributed by atoms with Crippen LogP contribution in [0.15, 0.2) is 47.1 Å². The first kappa shape index (κ1) is 16.5. The number of rotatable bonds is 6. The zero-order valence-electron chi connectivity index (χ0n) is 12.8. The lowest BCUT2D eigenvalue weighted by molar-refractivity contribution is 0.102. The van der Waals surface area contributed by atoms with Crippen molar-refractivity contribution in [3.63, 3.8) is 0 Å². The van der Waals surface area contributed by atoms with Crippen molar-refractivity contribution in [1.82, 2.24) is 4.98 Å². The lowest BCUT2D eigenvalue weighted by Gasteiger charge is -2.10. The molecule has 0 fully saturated rings. The van der Waals surface area contributed by atoms with Crippen LogP contribution in [0.3, 0.4) is 0 Å². The zero-order valence-corrected chi connectivity index (χ0v) is 14.4. The first-order valence-corrected chi connectivity index (χ1v) is 8.11. The Hall–Kier alpha value is -1.88. The summed E-state index contributed by atoms with van der Waals surface area (Å²) < 4.78 is 0.919. The van der Waals surface area contributed by atoms with Crippen LogP contribution >= 0.6 is 15.9 Å². The van der Waals surface area contributed by atoms with Gasteiger partial charge in [-0.15, -0.1) is 0 Å². The Morgan fingerprint density at radius 3 is 2.77 bits per heavy atom. The van der Waals surface area contributed by atoms with E-state index in [0.29, 0.717) is 11.6 Å². The second-order valence-electron chi connectivity index (χ2n) is 5.50. The van der Waals surface area contributed by atoms with Crippen molar-refractivity contribution in [1.29, 1.82) is 0 Å². The minimum atomic E-state index is -0.217. The van der Waals surface area contributed by atoms with Crippen LogP contribution in [-0.2, 0) is 0 Å². The molecule has 4 nitrogen and oxygen atoms in total. The number of pyridine rings is 1. The molecule has 0 atom stereocenters. The minimum Gasteiger partial charge on any atom is -0.385 e. The van der Waals surface area contributed by atoms with Gasteiger partial charge in [-0.05, 0) is 42.7 Å². The highest BCUT2D eigenvalue weighted by atomic mass is 79.9. The average Bonchev–Trinajstić information content (AvgIpc) is 2.47. The van der Waals surface area contributed by atoms with E-state index in [0.717, 1.165) is 28.8 Å². The molecule has 22 heavy (non-hydrogen) atoms. The molecular weight excluding hydrogens is 342 g/mol. The third kappa shape index (κ3) is 5.15. The molecule has 0 spiro atoms. The van der Waals surface area contributed by atoms with E-state index in [2.05, 4.69) is 45.4 Å². The second kappa shape index (κ2) is 7.94. The van der Waals surface area contributed by atoms with E-state index in [4.69, 9.17) is 0 Å². The SMILES string of the molecule is CC(C)CCNc1ccnc(C(=O)Nc2cccc(Br)c2)c1. The summed E-state index contributed by atoms with van der Waals surface area (Å²) in [6, 6.07) is 11.1. The molecule has 116 valence electrons. The van der Waals surface area contributed by atoms with Gasteiger partial charge in [-0.25, -0.2) is 0 Å². The van der Waals surface area contributed by atoms with Crippen molar-refractivity contribution in [2.24, 2.45) is 5.92 Å². The topological polar surface area (TPSA) is 54.0 Å². The largest absolute Gasteiger partial charge is 0.385 e. The maximum atomic E-state index is 12.2. The number of amides is 1. The number of carbonyl (C=O) groups is 1. The monoisotopic (exact) mass is 361 g/mol. The van der Waals surface area contributed by atoms with Crippen LogP contribution in [0, 0.1) is 5.92 Å². The molecule has 0 bridgehead atoms. The lowest BCUT2D eigenvalue weighted by atomic mass is 10.1.